The number of sulfonamides is 1. The number of alkyl halides is 3. The molecule has 0 saturated carbocycles. The quantitative estimate of drug-likeness (QED) is 0.414. The molecule has 2 heterocycles. The third-order valence-electron chi connectivity index (χ3n) is 6.58. The number of halogens is 3. The first-order valence-corrected chi connectivity index (χ1v) is 13.9. The monoisotopic (exact) mass is 552 g/mol. The smallest absolute Gasteiger partial charge is 0.368 e. The Bertz CT molecular complexity index is 1400. The molecule has 0 aliphatic carbocycles. The maximum atomic E-state index is 13.5. The Balaban J connectivity index is 1.52. The van der Waals surface area contributed by atoms with Crippen molar-refractivity contribution in [3.63, 3.8) is 0 Å². The van der Waals surface area contributed by atoms with Crippen LogP contribution in [0.5, 0.6) is 0 Å². The number of unbranched alkanes of at least 4 members (excludes halogenated alkanes) is 1. The zero-order valence-electron chi connectivity index (χ0n) is 21.3. The number of para-hydroxylation sites is 2. The van der Waals surface area contributed by atoms with Crippen molar-refractivity contribution in [2.75, 3.05) is 37.6 Å². The summed E-state index contributed by atoms with van der Waals surface area (Å²) in [5.41, 5.74) is 0.844. The lowest BCUT2D eigenvalue weighted by Crippen LogP contribution is -2.47. The molecule has 9 nitrogen and oxygen atoms in total. The molecule has 1 aromatic heterocycles. The van der Waals surface area contributed by atoms with Crippen molar-refractivity contribution in [1.82, 2.24) is 24.5 Å². The van der Waals surface area contributed by atoms with E-state index in [4.69, 9.17) is 0 Å². The molecule has 0 unspecified atom stereocenters. The average molecular weight is 553 g/mol. The van der Waals surface area contributed by atoms with Gasteiger partial charge in [0, 0.05) is 39.8 Å². The first kappa shape index (κ1) is 27.7. The fourth-order valence-electron chi connectivity index (χ4n) is 4.44. The highest BCUT2D eigenvalue weighted by atomic mass is 32.2. The van der Waals surface area contributed by atoms with Gasteiger partial charge in [0.2, 0.25) is 0 Å². The van der Waals surface area contributed by atoms with E-state index in [-0.39, 0.29) is 17.1 Å². The van der Waals surface area contributed by atoms with Gasteiger partial charge in [-0.25, -0.2) is 22.9 Å². The molecular weight excluding hydrogens is 521 g/mol. The van der Waals surface area contributed by atoms with E-state index in [0.29, 0.717) is 39.1 Å². The van der Waals surface area contributed by atoms with E-state index in [0.717, 1.165) is 41.5 Å². The van der Waals surface area contributed by atoms with Gasteiger partial charge in [-0.15, -0.1) is 0 Å². The van der Waals surface area contributed by atoms with E-state index >= 15 is 0 Å². The number of hydrogen-bond donors (Lipinski definition) is 2. The van der Waals surface area contributed by atoms with Crippen LogP contribution in [0.1, 0.15) is 31.2 Å². The Morgan fingerprint density at radius 3 is 2.45 bits per heavy atom. The van der Waals surface area contributed by atoms with E-state index < -0.39 is 27.8 Å². The van der Waals surface area contributed by atoms with Gasteiger partial charge in [0.25, 0.3) is 10.0 Å². The molecular formula is C25H31F3N6O3S. The molecule has 1 fully saturated rings. The standard InChI is InChI=1S/C25H31F3N6O3S/c1-3-4-11-29-24(35)31-38(36,37)22-10-9-18(25(26,27)28)16-21(22)34-14-12-33(13-15-34)17-23-30-19-7-5-6-8-20(19)32(23)2/h5-10,16H,3-4,11-15,17H2,1-2H3,(H2,29,31,35). The van der Waals surface area contributed by atoms with Crippen molar-refractivity contribution in [1.29, 1.82) is 0 Å². The molecule has 1 saturated heterocycles. The van der Waals surface area contributed by atoms with Crippen molar-refractivity contribution in [3.8, 4) is 0 Å². The lowest BCUT2D eigenvalue weighted by Gasteiger charge is -2.36. The number of carbonyl (C=O) groups excluding carboxylic acids is 1. The van der Waals surface area contributed by atoms with Gasteiger partial charge in [-0.05, 0) is 36.8 Å². The Kier molecular flexibility index (Phi) is 8.16. The highest BCUT2D eigenvalue weighted by Gasteiger charge is 2.34. The number of amides is 2. The number of nitrogens with zero attached hydrogens (tertiary/aromatic N) is 4. The van der Waals surface area contributed by atoms with Gasteiger partial charge in [0.15, 0.2) is 0 Å². The van der Waals surface area contributed by atoms with Crippen LogP contribution in [0.4, 0.5) is 23.7 Å². The first-order chi connectivity index (χ1) is 18.0. The van der Waals surface area contributed by atoms with E-state index in [2.05, 4.69) is 15.2 Å². The van der Waals surface area contributed by atoms with Crippen LogP contribution in [0.3, 0.4) is 0 Å². The molecule has 0 radical (unpaired) electrons. The number of aromatic nitrogens is 2. The van der Waals surface area contributed by atoms with Crippen molar-refractivity contribution in [2.24, 2.45) is 7.05 Å². The second-order valence-corrected chi connectivity index (χ2v) is 10.9. The Morgan fingerprint density at radius 2 is 1.79 bits per heavy atom. The number of hydrogen-bond acceptors (Lipinski definition) is 6. The van der Waals surface area contributed by atoms with Gasteiger partial charge in [-0.1, -0.05) is 25.5 Å². The van der Waals surface area contributed by atoms with Crippen molar-refractivity contribution in [3.05, 3.63) is 53.9 Å². The predicted octanol–water partition coefficient (Wildman–Crippen LogP) is 3.70. The molecule has 206 valence electrons. The minimum atomic E-state index is -4.65. The number of benzene rings is 2. The van der Waals surface area contributed by atoms with Crippen LogP contribution in [-0.2, 0) is 29.8 Å². The van der Waals surface area contributed by atoms with E-state index in [1.54, 1.807) is 4.90 Å². The van der Waals surface area contributed by atoms with Crippen molar-refractivity contribution >= 4 is 32.8 Å². The Labute approximate surface area is 219 Å². The summed E-state index contributed by atoms with van der Waals surface area (Å²) in [7, 11) is -2.48. The Morgan fingerprint density at radius 1 is 1.08 bits per heavy atom. The number of nitrogens with one attached hydrogen (secondary N) is 2. The summed E-state index contributed by atoms with van der Waals surface area (Å²) in [5.74, 6) is 0.861. The van der Waals surface area contributed by atoms with Crippen molar-refractivity contribution in [2.45, 2.75) is 37.4 Å². The largest absolute Gasteiger partial charge is 0.416 e. The number of anilines is 1. The molecule has 2 N–H and O–H groups in total. The molecule has 13 heteroatoms. The van der Waals surface area contributed by atoms with E-state index in [1.807, 2.05) is 47.5 Å². The molecule has 0 atom stereocenters. The van der Waals surface area contributed by atoms with Gasteiger partial charge < -0.3 is 14.8 Å². The predicted molar refractivity (Wildman–Crippen MR) is 138 cm³/mol. The maximum absolute atomic E-state index is 13.5. The third-order valence-corrected chi connectivity index (χ3v) is 7.95. The first-order valence-electron chi connectivity index (χ1n) is 12.4. The fraction of sp³-hybridized carbons (Fsp3) is 0.440. The van der Waals surface area contributed by atoms with Gasteiger partial charge in [-0.2, -0.15) is 13.2 Å². The minimum absolute atomic E-state index is 0.0870. The summed E-state index contributed by atoms with van der Waals surface area (Å²) in [6, 6.07) is 9.32. The molecule has 2 aromatic carbocycles. The fourth-order valence-corrected chi connectivity index (χ4v) is 5.58. The zero-order valence-corrected chi connectivity index (χ0v) is 22.1. The van der Waals surface area contributed by atoms with Crippen LogP contribution in [0.25, 0.3) is 11.0 Å². The second-order valence-electron chi connectivity index (χ2n) is 9.23. The van der Waals surface area contributed by atoms with Crippen LogP contribution in [0.2, 0.25) is 0 Å². The van der Waals surface area contributed by atoms with Gasteiger partial charge in [0.1, 0.15) is 10.7 Å². The summed E-state index contributed by atoms with van der Waals surface area (Å²) >= 11 is 0. The van der Waals surface area contributed by atoms with Crippen LogP contribution >= 0.6 is 0 Å². The zero-order chi connectivity index (χ0) is 27.5. The summed E-state index contributed by atoms with van der Waals surface area (Å²) in [6.07, 6.45) is -3.18. The molecule has 0 spiro atoms. The van der Waals surface area contributed by atoms with Crippen molar-refractivity contribution < 1.29 is 26.4 Å². The Hall–Kier alpha value is -3.32. The number of fused-ring (bicyclic) bond motifs is 1. The minimum Gasteiger partial charge on any atom is -0.368 e. The number of carbonyl (C=O) groups is 1. The van der Waals surface area contributed by atoms with Crippen LogP contribution in [0.15, 0.2) is 47.4 Å². The normalized spacial score (nSPS) is 15.1. The number of rotatable bonds is 8. The van der Waals surface area contributed by atoms with E-state index in [1.165, 1.54) is 0 Å². The summed E-state index contributed by atoms with van der Waals surface area (Å²) in [4.78, 5) is 20.2. The molecule has 1 aliphatic rings. The maximum Gasteiger partial charge on any atom is 0.416 e. The van der Waals surface area contributed by atoms with E-state index in [9.17, 15) is 26.4 Å². The lowest BCUT2D eigenvalue weighted by atomic mass is 10.1. The summed E-state index contributed by atoms with van der Waals surface area (Å²) in [6.45, 7) is 4.33. The second kappa shape index (κ2) is 11.2. The molecule has 2 amide bonds. The third kappa shape index (κ3) is 6.21. The van der Waals surface area contributed by atoms with Crippen LogP contribution in [-0.4, -0.2) is 61.6 Å². The number of urea groups is 1. The number of imidazole rings is 1. The highest BCUT2D eigenvalue weighted by Crippen LogP contribution is 2.35. The molecule has 4 rings (SSSR count). The van der Waals surface area contributed by atoms with Crippen LogP contribution < -0.4 is 14.9 Å². The summed E-state index contributed by atoms with van der Waals surface area (Å²) < 4.78 is 70.5. The molecule has 1 aliphatic heterocycles. The highest BCUT2D eigenvalue weighted by molar-refractivity contribution is 7.90. The number of piperazine rings is 1. The molecule has 3 aromatic rings. The topological polar surface area (TPSA) is 99.6 Å². The molecule has 38 heavy (non-hydrogen) atoms. The molecule has 0 bridgehead atoms. The average Bonchev–Trinajstić information content (AvgIpc) is 3.18. The lowest BCUT2D eigenvalue weighted by molar-refractivity contribution is -0.137. The van der Waals surface area contributed by atoms with Crippen LogP contribution in [0, 0.1) is 0 Å². The van der Waals surface area contributed by atoms with Gasteiger partial charge in [0.05, 0.1) is 28.8 Å². The summed E-state index contributed by atoms with van der Waals surface area (Å²) in [5, 5.41) is 2.45. The SMILES string of the molecule is CCCCNC(=O)NS(=O)(=O)c1ccc(C(F)(F)F)cc1N1CCN(Cc2nc3ccccc3n2C)CC1. The van der Waals surface area contributed by atoms with Gasteiger partial charge in [-0.3, -0.25) is 4.90 Å². The van der Waals surface area contributed by atoms with Gasteiger partial charge >= 0.3 is 12.2 Å². The number of aryl methyl sites for hydroxylation is 1.